The summed E-state index contributed by atoms with van der Waals surface area (Å²) in [5, 5.41) is 0.771. The van der Waals surface area contributed by atoms with Crippen molar-refractivity contribution in [2.75, 3.05) is 31.7 Å². The highest BCUT2D eigenvalue weighted by atomic mass is 35.5. The lowest BCUT2D eigenvalue weighted by molar-refractivity contribution is 0.0231. The zero-order valence-corrected chi connectivity index (χ0v) is 18.2. The maximum Gasteiger partial charge on any atom is 0.410 e. The highest BCUT2D eigenvalue weighted by Gasteiger charge is 2.35. The molecule has 1 aliphatic rings. The molecule has 2 atom stereocenters. The summed E-state index contributed by atoms with van der Waals surface area (Å²) in [6, 6.07) is 5.08. The van der Waals surface area contributed by atoms with E-state index in [1.165, 1.54) is 11.2 Å². The summed E-state index contributed by atoms with van der Waals surface area (Å²) in [4.78, 5) is 14.0. The van der Waals surface area contributed by atoms with Crippen LogP contribution in [0.3, 0.4) is 0 Å². The summed E-state index contributed by atoms with van der Waals surface area (Å²) >= 11 is 12.1. The largest absolute Gasteiger partial charge is 0.444 e. The van der Waals surface area contributed by atoms with Gasteiger partial charge in [0.25, 0.3) is 0 Å². The summed E-state index contributed by atoms with van der Waals surface area (Å²) < 4.78 is 35.3. The third-order valence-corrected chi connectivity index (χ3v) is 5.76. The van der Waals surface area contributed by atoms with Gasteiger partial charge in [0, 0.05) is 25.3 Å². The van der Waals surface area contributed by atoms with E-state index in [-0.39, 0.29) is 18.9 Å². The Kier molecular flexibility index (Phi) is 7.06. The van der Waals surface area contributed by atoms with Crippen molar-refractivity contribution in [1.29, 1.82) is 0 Å². The van der Waals surface area contributed by atoms with Crippen molar-refractivity contribution >= 4 is 39.1 Å². The first-order valence-electron chi connectivity index (χ1n) is 8.58. The average Bonchev–Trinajstić information content (AvgIpc) is 2.69. The maximum absolute atomic E-state index is 12.5. The molecule has 9 heteroatoms. The Labute approximate surface area is 170 Å². The molecular formula is C18H25Cl2NO5S. The molecule has 1 saturated heterocycles. The lowest BCUT2D eigenvalue weighted by Crippen LogP contribution is -2.41. The van der Waals surface area contributed by atoms with Gasteiger partial charge in [-0.2, -0.15) is 0 Å². The summed E-state index contributed by atoms with van der Waals surface area (Å²) in [6.07, 6.45) is 0.156. The van der Waals surface area contributed by atoms with Gasteiger partial charge in [-0.15, -0.1) is 0 Å². The number of carbonyl (C=O) groups excluding carboxylic acids is 1. The van der Waals surface area contributed by atoms with Crippen LogP contribution in [0.2, 0.25) is 10.0 Å². The molecule has 2 rings (SSSR count). The number of amides is 1. The molecule has 6 nitrogen and oxygen atoms in total. The van der Waals surface area contributed by atoms with E-state index in [1.807, 2.05) is 0 Å². The number of ether oxygens (including phenoxy) is 2. The van der Waals surface area contributed by atoms with Crippen molar-refractivity contribution in [3.63, 3.8) is 0 Å². The van der Waals surface area contributed by atoms with Gasteiger partial charge in [0.15, 0.2) is 0 Å². The predicted octanol–water partition coefficient (Wildman–Crippen LogP) is 3.96. The van der Waals surface area contributed by atoms with Crippen LogP contribution in [0.1, 0.15) is 32.4 Å². The summed E-state index contributed by atoms with van der Waals surface area (Å²) in [5.74, 6) is -0.593. The fourth-order valence-corrected chi connectivity index (χ4v) is 4.34. The van der Waals surface area contributed by atoms with Gasteiger partial charge in [-0.3, -0.25) is 0 Å². The van der Waals surface area contributed by atoms with Gasteiger partial charge in [0.1, 0.15) is 15.4 Å². The molecular weight excluding hydrogens is 413 g/mol. The van der Waals surface area contributed by atoms with Gasteiger partial charge in [-0.05, 0) is 38.5 Å². The smallest absolute Gasteiger partial charge is 0.410 e. The van der Waals surface area contributed by atoms with E-state index in [0.717, 1.165) is 5.56 Å². The normalized spacial score (nSPS) is 21.6. The minimum absolute atomic E-state index is 0.128. The number of carbonyl (C=O) groups is 1. The molecule has 1 fully saturated rings. The number of hydrogen-bond donors (Lipinski definition) is 0. The van der Waals surface area contributed by atoms with Crippen LogP contribution in [0, 0.1) is 5.92 Å². The Bertz CT molecular complexity index is 791. The summed E-state index contributed by atoms with van der Waals surface area (Å²) in [7, 11) is -3.30. The molecule has 2 unspecified atom stereocenters. The van der Waals surface area contributed by atoms with Gasteiger partial charge in [-0.1, -0.05) is 29.3 Å². The van der Waals surface area contributed by atoms with Crippen molar-refractivity contribution in [2.24, 2.45) is 5.92 Å². The third kappa shape index (κ3) is 6.82. The van der Waals surface area contributed by atoms with Crippen LogP contribution in [0.5, 0.6) is 0 Å². The van der Waals surface area contributed by atoms with Crippen LogP contribution in [0.25, 0.3) is 0 Å². The SMILES string of the molecule is CC(C)(C)OC(=O)N1CCOC(c2ccc(Cl)c(Cl)c2)C(CS(C)(=O)=O)C1. The highest BCUT2D eigenvalue weighted by Crippen LogP contribution is 2.34. The molecule has 1 aliphatic heterocycles. The van der Waals surface area contributed by atoms with Crippen LogP contribution in [-0.4, -0.2) is 56.7 Å². The fraction of sp³-hybridized carbons (Fsp3) is 0.611. The topological polar surface area (TPSA) is 72.9 Å². The van der Waals surface area contributed by atoms with Gasteiger partial charge in [0.2, 0.25) is 0 Å². The summed E-state index contributed by atoms with van der Waals surface area (Å²) in [6.45, 7) is 6.12. The van der Waals surface area contributed by atoms with E-state index < -0.39 is 33.6 Å². The fourth-order valence-electron chi connectivity index (χ4n) is 2.98. The molecule has 1 heterocycles. The second-order valence-corrected chi connectivity index (χ2v) is 10.7. The Morgan fingerprint density at radius 3 is 2.52 bits per heavy atom. The quantitative estimate of drug-likeness (QED) is 0.714. The minimum Gasteiger partial charge on any atom is -0.444 e. The Morgan fingerprint density at radius 2 is 1.96 bits per heavy atom. The molecule has 1 aromatic rings. The number of halogens is 2. The Hall–Kier alpha value is -1.02. The molecule has 1 aromatic carbocycles. The minimum atomic E-state index is -3.30. The number of hydrogen-bond acceptors (Lipinski definition) is 5. The van der Waals surface area contributed by atoms with Gasteiger partial charge in [-0.25, -0.2) is 13.2 Å². The van der Waals surface area contributed by atoms with E-state index in [9.17, 15) is 13.2 Å². The second-order valence-electron chi connectivity index (χ2n) is 7.74. The lowest BCUT2D eigenvalue weighted by Gasteiger charge is -2.29. The van der Waals surface area contributed by atoms with Crippen LogP contribution in [-0.2, 0) is 19.3 Å². The number of benzene rings is 1. The molecule has 0 radical (unpaired) electrons. The average molecular weight is 438 g/mol. The lowest BCUT2D eigenvalue weighted by atomic mass is 9.97. The second kappa shape index (κ2) is 8.55. The van der Waals surface area contributed by atoms with Gasteiger partial charge >= 0.3 is 6.09 Å². The van der Waals surface area contributed by atoms with Crippen molar-refractivity contribution in [3.8, 4) is 0 Å². The zero-order valence-electron chi connectivity index (χ0n) is 15.9. The zero-order chi connectivity index (χ0) is 20.4. The molecule has 0 spiro atoms. The summed E-state index contributed by atoms with van der Waals surface area (Å²) in [5.41, 5.74) is 0.0868. The molecule has 0 bridgehead atoms. The van der Waals surface area contributed by atoms with Crippen LogP contribution < -0.4 is 0 Å². The van der Waals surface area contributed by atoms with E-state index in [0.29, 0.717) is 16.6 Å². The first-order valence-corrected chi connectivity index (χ1v) is 11.4. The van der Waals surface area contributed by atoms with Crippen LogP contribution >= 0.6 is 23.2 Å². The molecule has 27 heavy (non-hydrogen) atoms. The standard InChI is InChI=1S/C18H25Cl2NO5S/c1-18(2,3)26-17(22)21-7-8-25-16(13(10-21)11-27(4,23)24)12-5-6-14(19)15(20)9-12/h5-6,9,13,16H,7-8,10-11H2,1-4H3. The molecule has 1 amide bonds. The van der Waals surface area contributed by atoms with E-state index in [1.54, 1.807) is 39.0 Å². The molecule has 0 saturated carbocycles. The van der Waals surface area contributed by atoms with Crippen molar-refractivity contribution in [1.82, 2.24) is 4.90 Å². The predicted molar refractivity (Wildman–Crippen MR) is 106 cm³/mol. The highest BCUT2D eigenvalue weighted by molar-refractivity contribution is 7.90. The maximum atomic E-state index is 12.5. The number of sulfone groups is 1. The van der Waals surface area contributed by atoms with Crippen molar-refractivity contribution in [3.05, 3.63) is 33.8 Å². The molecule has 0 aromatic heterocycles. The molecule has 0 aliphatic carbocycles. The van der Waals surface area contributed by atoms with Gasteiger partial charge < -0.3 is 14.4 Å². The van der Waals surface area contributed by atoms with Crippen molar-refractivity contribution < 1.29 is 22.7 Å². The van der Waals surface area contributed by atoms with Crippen LogP contribution in [0.4, 0.5) is 4.79 Å². The van der Waals surface area contributed by atoms with Crippen LogP contribution in [0.15, 0.2) is 18.2 Å². The third-order valence-electron chi connectivity index (χ3n) is 3.98. The Balaban J connectivity index is 2.31. The number of rotatable bonds is 3. The van der Waals surface area contributed by atoms with Gasteiger partial charge in [0.05, 0.1) is 28.5 Å². The monoisotopic (exact) mass is 437 g/mol. The molecule has 152 valence electrons. The molecule has 0 N–H and O–H groups in total. The first kappa shape index (κ1) is 22.3. The number of nitrogens with zero attached hydrogens (tertiary/aromatic N) is 1. The van der Waals surface area contributed by atoms with E-state index in [2.05, 4.69) is 0 Å². The Morgan fingerprint density at radius 1 is 1.30 bits per heavy atom. The van der Waals surface area contributed by atoms with E-state index in [4.69, 9.17) is 32.7 Å². The first-order chi connectivity index (χ1) is 12.4. The van der Waals surface area contributed by atoms with E-state index >= 15 is 0 Å². The van der Waals surface area contributed by atoms with Crippen molar-refractivity contribution in [2.45, 2.75) is 32.5 Å².